The number of aliphatic hydroxyl groups is 1. The third kappa shape index (κ3) is 1.24. The van der Waals surface area contributed by atoms with Gasteiger partial charge in [-0.1, -0.05) is 53.2 Å². The van der Waals surface area contributed by atoms with Gasteiger partial charge in [0.05, 0.1) is 6.61 Å². The summed E-state index contributed by atoms with van der Waals surface area (Å²) >= 11 is 9.78. The van der Waals surface area contributed by atoms with Crippen molar-refractivity contribution >= 4 is 27.5 Å². The van der Waals surface area contributed by atoms with Gasteiger partial charge in [-0.05, 0) is 5.56 Å². The van der Waals surface area contributed by atoms with Crippen molar-refractivity contribution in [1.82, 2.24) is 0 Å². The number of hydrogen-bond donors (Lipinski definition) is 1. The fourth-order valence-corrected chi connectivity index (χ4v) is 3.49. The molecule has 0 amide bonds. The van der Waals surface area contributed by atoms with Crippen LogP contribution in [0.1, 0.15) is 18.4 Å². The normalized spacial score (nSPS) is 41.0. The van der Waals surface area contributed by atoms with Crippen LogP contribution < -0.4 is 0 Å². The van der Waals surface area contributed by atoms with E-state index in [0.29, 0.717) is 0 Å². The molecule has 1 aromatic carbocycles. The predicted molar refractivity (Wildman–Crippen MR) is 61.9 cm³/mol. The van der Waals surface area contributed by atoms with E-state index < -0.39 is 3.78 Å². The Hall–Kier alpha value is -0.0500. The quantitative estimate of drug-likeness (QED) is 0.822. The van der Waals surface area contributed by atoms with Crippen molar-refractivity contribution in [3.05, 3.63) is 35.9 Å². The van der Waals surface area contributed by atoms with Gasteiger partial charge in [0.1, 0.15) is 3.78 Å². The number of alkyl halides is 2. The SMILES string of the molecule is C[C@@]1(CO)[C@@H](c2ccccc2)[C@]1(Cl)Br. The van der Waals surface area contributed by atoms with Crippen LogP contribution in [0.3, 0.4) is 0 Å². The summed E-state index contributed by atoms with van der Waals surface area (Å²) in [6.07, 6.45) is 0. The van der Waals surface area contributed by atoms with E-state index in [0.717, 1.165) is 0 Å². The number of halogens is 2. The van der Waals surface area contributed by atoms with Gasteiger partial charge in [0.2, 0.25) is 0 Å². The largest absolute Gasteiger partial charge is 0.396 e. The fraction of sp³-hybridized carbons (Fsp3) is 0.455. The number of rotatable bonds is 2. The monoisotopic (exact) mass is 274 g/mol. The zero-order valence-corrected chi connectivity index (χ0v) is 10.2. The van der Waals surface area contributed by atoms with Crippen LogP contribution in [0.25, 0.3) is 0 Å². The Labute approximate surface area is 97.2 Å². The van der Waals surface area contributed by atoms with Gasteiger partial charge < -0.3 is 5.11 Å². The number of benzene rings is 1. The molecule has 0 radical (unpaired) electrons. The molecule has 1 aromatic rings. The Morgan fingerprint density at radius 2 is 2.00 bits per heavy atom. The Bertz CT molecular complexity index is 338. The highest BCUT2D eigenvalue weighted by atomic mass is 79.9. The molecule has 1 N–H and O–H groups in total. The molecule has 0 spiro atoms. The Morgan fingerprint density at radius 1 is 1.43 bits per heavy atom. The first-order valence-electron chi connectivity index (χ1n) is 4.57. The average molecular weight is 276 g/mol. The standard InChI is InChI=1S/C11H12BrClO/c1-10(7-14)9(11(10,12)13)8-5-3-2-4-6-8/h2-6,9,14H,7H2,1H3/t9-,10-,11-/m1/s1. The first-order chi connectivity index (χ1) is 6.54. The molecule has 14 heavy (non-hydrogen) atoms. The number of aliphatic hydroxyl groups excluding tert-OH is 1. The summed E-state index contributed by atoms with van der Waals surface area (Å²) in [5.41, 5.74) is 0.923. The maximum absolute atomic E-state index is 9.32. The molecule has 1 aliphatic carbocycles. The summed E-state index contributed by atoms with van der Waals surface area (Å²) in [5, 5.41) is 9.32. The van der Waals surface area contributed by atoms with Gasteiger partial charge in [0.15, 0.2) is 0 Å². The molecular formula is C11H12BrClO. The molecule has 0 aliphatic heterocycles. The molecule has 76 valence electrons. The average Bonchev–Trinajstić information content (AvgIpc) is 2.63. The highest BCUT2D eigenvalue weighted by Crippen LogP contribution is 2.74. The molecule has 0 heterocycles. The van der Waals surface area contributed by atoms with E-state index in [4.69, 9.17) is 11.6 Å². The molecule has 1 saturated carbocycles. The third-order valence-corrected chi connectivity index (χ3v) is 5.15. The van der Waals surface area contributed by atoms with E-state index >= 15 is 0 Å². The van der Waals surface area contributed by atoms with Gasteiger partial charge in [-0.3, -0.25) is 0 Å². The molecule has 0 unspecified atom stereocenters. The Kier molecular flexibility index (Phi) is 2.41. The van der Waals surface area contributed by atoms with E-state index in [-0.39, 0.29) is 17.9 Å². The second kappa shape index (κ2) is 3.22. The van der Waals surface area contributed by atoms with Crippen LogP contribution in [0, 0.1) is 5.41 Å². The molecule has 2 rings (SSSR count). The van der Waals surface area contributed by atoms with Crippen molar-refractivity contribution in [3.63, 3.8) is 0 Å². The lowest BCUT2D eigenvalue weighted by Gasteiger charge is -2.05. The van der Waals surface area contributed by atoms with E-state index in [9.17, 15) is 5.11 Å². The van der Waals surface area contributed by atoms with Crippen LogP contribution >= 0.6 is 27.5 Å². The number of hydrogen-bond acceptors (Lipinski definition) is 1. The third-order valence-electron chi connectivity index (χ3n) is 3.14. The molecule has 1 fully saturated rings. The summed E-state index contributed by atoms with van der Waals surface area (Å²) in [7, 11) is 0. The highest BCUT2D eigenvalue weighted by Gasteiger charge is 2.72. The minimum atomic E-state index is -0.490. The summed E-state index contributed by atoms with van der Waals surface area (Å²) in [6, 6.07) is 10.1. The van der Waals surface area contributed by atoms with Gasteiger partial charge in [0.25, 0.3) is 0 Å². The van der Waals surface area contributed by atoms with Crippen LogP contribution in [-0.2, 0) is 0 Å². The summed E-state index contributed by atoms with van der Waals surface area (Å²) < 4.78 is -0.490. The molecule has 3 heteroatoms. The lowest BCUT2D eigenvalue weighted by molar-refractivity contribution is 0.219. The van der Waals surface area contributed by atoms with Gasteiger partial charge in [-0.25, -0.2) is 0 Å². The van der Waals surface area contributed by atoms with E-state index in [1.807, 2.05) is 37.3 Å². The van der Waals surface area contributed by atoms with Crippen molar-refractivity contribution in [3.8, 4) is 0 Å². The maximum Gasteiger partial charge on any atom is 0.115 e. The molecule has 0 bridgehead atoms. The lowest BCUT2D eigenvalue weighted by atomic mass is 10.0. The lowest BCUT2D eigenvalue weighted by Crippen LogP contribution is -2.08. The summed E-state index contributed by atoms with van der Waals surface area (Å²) in [6.45, 7) is 2.09. The Morgan fingerprint density at radius 3 is 2.43 bits per heavy atom. The molecule has 1 aliphatic rings. The molecule has 0 aromatic heterocycles. The van der Waals surface area contributed by atoms with Crippen LogP contribution in [0.15, 0.2) is 30.3 Å². The molecule has 3 atom stereocenters. The van der Waals surface area contributed by atoms with Crippen molar-refractivity contribution in [2.45, 2.75) is 16.6 Å². The van der Waals surface area contributed by atoms with Gasteiger partial charge in [0, 0.05) is 11.3 Å². The zero-order chi connectivity index (χ0) is 10.4. The highest BCUT2D eigenvalue weighted by molar-refractivity contribution is 9.10. The van der Waals surface area contributed by atoms with E-state index in [1.54, 1.807) is 0 Å². The fourth-order valence-electron chi connectivity index (χ4n) is 2.00. The van der Waals surface area contributed by atoms with E-state index in [1.165, 1.54) is 5.56 Å². The van der Waals surface area contributed by atoms with Crippen LogP contribution in [0.5, 0.6) is 0 Å². The van der Waals surface area contributed by atoms with Crippen molar-refractivity contribution in [2.24, 2.45) is 5.41 Å². The van der Waals surface area contributed by atoms with Crippen molar-refractivity contribution in [2.75, 3.05) is 6.61 Å². The predicted octanol–water partition coefficient (Wildman–Crippen LogP) is 3.11. The molecule has 1 nitrogen and oxygen atoms in total. The minimum Gasteiger partial charge on any atom is -0.396 e. The first-order valence-corrected chi connectivity index (χ1v) is 5.75. The van der Waals surface area contributed by atoms with Crippen molar-refractivity contribution in [1.29, 1.82) is 0 Å². The van der Waals surface area contributed by atoms with Crippen LogP contribution in [-0.4, -0.2) is 15.5 Å². The van der Waals surface area contributed by atoms with Crippen LogP contribution in [0.2, 0.25) is 0 Å². The van der Waals surface area contributed by atoms with Gasteiger partial charge in [-0.2, -0.15) is 0 Å². The van der Waals surface area contributed by atoms with Gasteiger partial charge in [-0.15, -0.1) is 11.6 Å². The van der Waals surface area contributed by atoms with Gasteiger partial charge >= 0.3 is 0 Å². The van der Waals surface area contributed by atoms with Crippen LogP contribution in [0.4, 0.5) is 0 Å². The zero-order valence-electron chi connectivity index (χ0n) is 7.87. The Balaban J connectivity index is 2.32. The summed E-state index contributed by atoms with van der Waals surface area (Å²) in [5.74, 6) is 0.183. The van der Waals surface area contributed by atoms with Crippen molar-refractivity contribution < 1.29 is 5.11 Å². The maximum atomic E-state index is 9.32. The smallest absolute Gasteiger partial charge is 0.115 e. The molecule has 0 saturated heterocycles. The van der Waals surface area contributed by atoms with E-state index in [2.05, 4.69) is 15.9 Å². The summed E-state index contributed by atoms with van der Waals surface area (Å²) in [4.78, 5) is 0. The minimum absolute atomic E-state index is 0.0985. The topological polar surface area (TPSA) is 20.2 Å². The second-order valence-electron chi connectivity index (χ2n) is 4.04. The molecular weight excluding hydrogens is 263 g/mol. The first kappa shape index (κ1) is 10.5. The second-order valence-corrected chi connectivity index (χ2v) is 6.35.